The van der Waals surface area contributed by atoms with Crippen LogP contribution in [0.5, 0.6) is 0 Å². The van der Waals surface area contributed by atoms with Gasteiger partial charge in [-0.1, -0.05) is 267 Å². The number of halogens is 1. The Bertz CT molecular complexity index is 6520. The summed E-state index contributed by atoms with van der Waals surface area (Å²) >= 11 is 9.53. The lowest BCUT2D eigenvalue weighted by Crippen LogP contribution is -2.30. The molecule has 0 aliphatic heterocycles. The zero-order valence-electron chi connectivity index (χ0n) is 55.6. The minimum Gasteiger partial charge on any atom is -0.423 e. The quantitative estimate of drug-likeness (QED) is 0.130. The summed E-state index contributed by atoms with van der Waals surface area (Å²) in [6.45, 7) is 0. The lowest BCUT2D eigenvalue weighted by molar-refractivity contribution is 0.426. The number of benzene rings is 14. The van der Waals surface area contributed by atoms with Crippen molar-refractivity contribution in [3.05, 3.63) is 345 Å². The Hall–Kier alpha value is -12.6. The fourth-order valence-electron chi connectivity index (χ4n) is 14.1. The number of thiophene rings is 2. The van der Waals surface area contributed by atoms with Gasteiger partial charge in [0.05, 0.1) is 22.1 Å². The van der Waals surface area contributed by atoms with Gasteiger partial charge in [0, 0.05) is 107 Å². The second-order valence-corrected chi connectivity index (χ2v) is 27.7. The molecule has 6 aromatic heterocycles. The average Bonchev–Trinajstić information content (AvgIpc) is 1.57. The van der Waals surface area contributed by atoms with Crippen LogP contribution in [0.25, 0.3) is 175 Å². The number of fused-ring (bicyclic) bond motifs is 12. The molecule has 492 valence electrons. The Morgan fingerprint density at radius 3 is 1.02 bits per heavy atom. The molecule has 20 rings (SSSR count). The molecule has 104 heavy (non-hydrogen) atoms. The van der Waals surface area contributed by atoms with E-state index >= 15 is 0 Å². The third-order valence-corrected chi connectivity index (χ3v) is 21.5. The third kappa shape index (κ3) is 12.0. The van der Waals surface area contributed by atoms with Gasteiger partial charge in [-0.15, -0.1) is 22.7 Å². The summed E-state index contributed by atoms with van der Waals surface area (Å²) < 4.78 is 9.04. The van der Waals surface area contributed by atoms with Crippen LogP contribution in [0.4, 0.5) is 0 Å². The molecule has 0 radical (unpaired) electrons. The standard InChI is InChI=1S/C45H28N4S.C24H16BNO2S.C21H14ClN3/c1-3-14-29(15-4-1)31-18-13-19-32(26-31)44-46-43(30-16-5-2-6-17-30)47-45(48-44)38-28-33(27-37-36-22-9-12-25-41(36)50-42(37)38)49-39-23-10-7-20-34(39)35-21-8-11-24-40(35)49;27-25(28)20-14-15(13-19-18-9-3-6-12-23(18)29-24(19)20)26-21-10-4-1-7-16(21)17-8-2-5-11-22(17)26;22-21-24-19(16-10-5-2-6-11-16)23-20(25-21)18-13-7-12-17(14-18)15-8-3-1-4-9-15/h1-28H;1-14,27-28H;1-14H. The van der Waals surface area contributed by atoms with Gasteiger partial charge in [-0.3, -0.25) is 0 Å². The zero-order chi connectivity index (χ0) is 69.6. The van der Waals surface area contributed by atoms with Crippen LogP contribution in [-0.4, -0.2) is 56.2 Å². The lowest BCUT2D eigenvalue weighted by Gasteiger charge is -2.13. The van der Waals surface area contributed by atoms with E-state index in [-0.39, 0.29) is 5.28 Å². The number of aromatic nitrogens is 8. The molecule has 0 atom stereocenters. The Balaban J connectivity index is 0.000000121. The van der Waals surface area contributed by atoms with E-state index in [1.54, 1.807) is 22.7 Å². The molecule has 0 saturated heterocycles. The minimum absolute atomic E-state index is 0.189. The van der Waals surface area contributed by atoms with Gasteiger partial charge in [-0.25, -0.2) is 19.9 Å². The average molecular weight is 1390 g/mol. The molecule has 0 amide bonds. The van der Waals surface area contributed by atoms with Crippen molar-refractivity contribution in [3.63, 3.8) is 0 Å². The molecule has 0 saturated carbocycles. The molecule has 0 aliphatic rings. The van der Waals surface area contributed by atoms with Crippen molar-refractivity contribution < 1.29 is 10.0 Å². The Morgan fingerprint density at radius 1 is 0.260 bits per heavy atom. The normalized spacial score (nSPS) is 11.4. The minimum atomic E-state index is -1.53. The first-order valence-corrected chi connectivity index (χ1v) is 36.2. The first kappa shape index (κ1) is 63.6. The van der Waals surface area contributed by atoms with Gasteiger partial charge in [0.1, 0.15) is 0 Å². The summed E-state index contributed by atoms with van der Waals surface area (Å²) in [5, 5.41) is 29.9. The maximum atomic E-state index is 10.1. The number of para-hydroxylation sites is 4. The first-order chi connectivity index (χ1) is 51.3. The highest BCUT2D eigenvalue weighted by Gasteiger charge is 2.24. The van der Waals surface area contributed by atoms with E-state index in [0.717, 1.165) is 108 Å². The van der Waals surface area contributed by atoms with Crippen LogP contribution in [0.3, 0.4) is 0 Å². The summed E-state index contributed by atoms with van der Waals surface area (Å²) in [6, 6.07) is 117. The van der Waals surface area contributed by atoms with Crippen LogP contribution < -0.4 is 5.46 Å². The van der Waals surface area contributed by atoms with Crippen LogP contribution in [0.15, 0.2) is 340 Å². The van der Waals surface area contributed by atoms with Crippen LogP contribution in [0.1, 0.15) is 0 Å². The highest BCUT2D eigenvalue weighted by molar-refractivity contribution is 7.27. The predicted octanol–water partition coefficient (Wildman–Crippen LogP) is 22.4. The van der Waals surface area contributed by atoms with E-state index in [1.807, 2.05) is 115 Å². The molecular weight excluding hydrogens is 1340 g/mol. The fraction of sp³-hybridized carbons (Fsp3) is 0. The first-order valence-electron chi connectivity index (χ1n) is 34.1. The van der Waals surface area contributed by atoms with E-state index < -0.39 is 7.12 Å². The second-order valence-electron chi connectivity index (χ2n) is 25.3. The van der Waals surface area contributed by atoms with E-state index in [4.69, 9.17) is 26.6 Å². The number of hydrogen-bond acceptors (Lipinski definition) is 10. The Labute approximate surface area is 611 Å². The van der Waals surface area contributed by atoms with E-state index in [2.05, 4.69) is 249 Å². The van der Waals surface area contributed by atoms with E-state index in [0.29, 0.717) is 34.6 Å². The number of hydrogen-bond donors (Lipinski definition) is 2. The predicted molar refractivity (Wildman–Crippen MR) is 433 cm³/mol. The van der Waals surface area contributed by atoms with Crippen molar-refractivity contribution in [1.82, 2.24) is 39.0 Å². The SMILES string of the molecule is Clc1nc(-c2ccccc2)nc(-c2cccc(-c3ccccc3)c2)n1.OB(O)c1cc(-n2c3ccccc3c3ccccc32)cc2c1sc1ccccc12.c1ccc(-c2cccc(-c3nc(-c4ccccc4)nc(-c4cc(-n5c6ccccc6c6ccccc65)cc5c4sc4ccccc45)n3)c2)cc1. The summed E-state index contributed by atoms with van der Waals surface area (Å²) in [7, 11) is -1.53. The van der Waals surface area contributed by atoms with E-state index in [1.165, 1.54) is 37.0 Å². The molecule has 14 heteroatoms. The smallest absolute Gasteiger partial charge is 0.423 e. The monoisotopic (exact) mass is 1390 g/mol. The molecule has 0 fully saturated rings. The van der Waals surface area contributed by atoms with Gasteiger partial charge in [-0.2, -0.15) is 9.97 Å². The highest BCUT2D eigenvalue weighted by Crippen LogP contribution is 2.44. The van der Waals surface area contributed by atoms with Crippen molar-refractivity contribution in [1.29, 1.82) is 0 Å². The number of nitrogens with zero attached hydrogens (tertiary/aromatic N) is 8. The Kier molecular flexibility index (Phi) is 16.8. The summed E-state index contributed by atoms with van der Waals surface area (Å²) in [5.74, 6) is 3.07. The van der Waals surface area contributed by atoms with Crippen LogP contribution in [-0.2, 0) is 0 Å². The topological polar surface area (TPSA) is 128 Å². The summed E-state index contributed by atoms with van der Waals surface area (Å²) in [6.07, 6.45) is 0. The molecule has 0 aliphatic carbocycles. The van der Waals surface area contributed by atoms with Gasteiger partial charge in [-0.05, 0) is 107 Å². The molecule has 2 N–H and O–H groups in total. The van der Waals surface area contributed by atoms with Crippen LogP contribution in [0.2, 0.25) is 5.28 Å². The second kappa shape index (κ2) is 27.4. The molecular formula is C90H58BClN8O2S2. The lowest BCUT2D eigenvalue weighted by atomic mass is 9.79. The third-order valence-electron chi connectivity index (χ3n) is 18.9. The molecule has 0 spiro atoms. The maximum absolute atomic E-state index is 10.1. The summed E-state index contributed by atoms with van der Waals surface area (Å²) in [4.78, 5) is 28.7. The van der Waals surface area contributed by atoms with E-state index in [9.17, 15) is 10.0 Å². The molecule has 10 nitrogen and oxygen atoms in total. The van der Waals surface area contributed by atoms with Crippen molar-refractivity contribution in [3.8, 4) is 90.6 Å². The van der Waals surface area contributed by atoms with Crippen molar-refractivity contribution in [2.75, 3.05) is 0 Å². The molecule has 0 bridgehead atoms. The molecule has 6 heterocycles. The van der Waals surface area contributed by atoms with Crippen molar-refractivity contribution in [2.24, 2.45) is 0 Å². The molecule has 20 aromatic rings. The van der Waals surface area contributed by atoms with Gasteiger partial charge in [0.15, 0.2) is 29.1 Å². The van der Waals surface area contributed by atoms with Crippen molar-refractivity contribution >= 4 is 131 Å². The maximum Gasteiger partial charge on any atom is 0.489 e. The van der Waals surface area contributed by atoms with Gasteiger partial charge in [0.25, 0.3) is 0 Å². The molecule has 0 unspecified atom stereocenters. The molecule has 14 aromatic carbocycles. The number of rotatable bonds is 10. The van der Waals surface area contributed by atoms with Gasteiger partial charge < -0.3 is 19.2 Å². The van der Waals surface area contributed by atoms with Gasteiger partial charge >= 0.3 is 7.12 Å². The zero-order valence-corrected chi connectivity index (χ0v) is 58.0. The largest absolute Gasteiger partial charge is 0.489 e. The summed E-state index contributed by atoms with van der Waals surface area (Å²) in [5.41, 5.74) is 16.3. The van der Waals surface area contributed by atoms with Crippen LogP contribution in [0, 0.1) is 0 Å². The fourth-order valence-corrected chi connectivity index (χ4v) is 16.7. The van der Waals surface area contributed by atoms with Crippen LogP contribution >= 0.6 is 34.3 Å². The highest BCUT2D eigenvalue weighted by atomic mass is 35.5. The van der Waals surface area contributed by atoms with Crippen molar-refractivity contribution in [2.45, 2.75) is 0 Å². The van der Waals surface area contributed by atoms with Gasteiger partial charge in [0.2, 0.25) is 5.28 Å². The Morgan fingerprint density at radius 2 is 0.577 bits per heavy atom.